The van der Waals surface area contributed by atoms with Crippen molar-refractivity contribution in [2.75, 3.05) is 26.2 Å². The SMILES string of the molecule is CCCCCCCCCCCCC[C@@H]1CC(=O)N[C@@H]([C@@H](C)O)C(=O)N[C@@H](C)C(=O)N[C@@H](Cc2ccc(O)cc2)C(=O)N[C@@H](C(C)C)C(=O)N2C[C@H](O)C[C@H]2C(=O)N[C@H]([C@H](C)O)C(=O)N[C@@H]([C@H](C)O)C(=O)N2CC[C@H](O)[C@H]2C(=O)N[C@@H]([C@H](O)CC(N)=O)C(=O)NCC(=O)N[C@H]([C@@H](C)O)C(=O)N[C@@H](CCCN)C(=O)O1. The Kier molecular flexibility index (Phi) is 38.5. The summed E-state index contributed by atoms with van der Waals surface area (Å²) in [5.74, 6) is -17.1. The molecule has 1 aromatic rings. The molecule has 13 amide bonds. The Hall–Kier alpha value is -8.72. The van der Waals surface area contributed by atoms with E-state index in [2.05, 4.69) is 60.1 Å². The van der Waals surface area contributed by atoms with Crippen LogP contribution in [-0.2, 0) is 78.3 Å². The number of aromatic hydroxyl groups is 1. The molecule has 3 fully saturated rings. The van der Waals surface area contributed by atoms with E-state index in [4.69, 9.17) is 16.2 Å². The van der Waals surface area contributed by atoms with Crippen molar-refractivity contribution in [1.29, 1.82) is 0 Å². The highest BCUT2D eigenvalue weighted by molar-refractivity contribution is 6.00. The molecule has 0 bridgehead atoms. The van der Waals surface area contributed by atoms with Crippen molar-refractivity contribution < 1.29 is 113 Å². The summed E-state index contributed by atoms with van der Waals surface area (Å²) in [6, 6.07) is -14.3. The van der Waals surface area contributed by atoms with Crippen LogP contribution in [0, 0.1) is 5.92 Å². The number of nitrogens with two attached hydrogens (primary N) is 2. The van der Waals surface area contributed by atoms with Gasteiger partial charge in [-0.25, -0.2) is 4.79 Å². The lowest BCUT2D eigenvalue weighted by Crippen LogP contribution is -2.64. The van der Waals surface area contributed by atoms with E-state index in [1.165, 1.54) is 58.4 Å². The number of cyclic esters (lactones) is 1. The van der Waals surface area contributed by atoms with E-state index in [1.54, 1.807) is 0 Å². The minimum absolute atomic E-state index is 0.0162. The molecule has 37 heteroatoms. The number of phenols is 1. The van der Waals surface area contributed by atoms with Crippen LogP contribution >= 0.6 is 0 Å². The standard InChI is InChI=1S/C71H116N14O23/c1-9-10-11-12-13-14-15-16-17-18-19-21-45-32-52(95)78-55(38(5)86)65(101)75-37(4)61(97)77-47(30-42-23-25-43(90)26-24-42)62(98)80-54(36(2)3)69(105)85-35-44(91)31-48(85)63(99)81-57(40(7)88)67(103)82-58(41(8)89)70(106)84-29-27-49(92)60(84)68(104)83-59(50(93)33-51(73)94)64(100)74-34-53(96)79-56(39(6)87)66(102)76-46(22-20-28-72)71(107)108-45/h23-26,36-41,44-50,54-60,86-93H,9-22,27-35,72H2,1-8H3,(H2,73,94)(H,74,100)(H,75,101)(H,76,102)(H,77,97)(H,78,95)(H,79,96)(H,80,98)(H,81,99)(H,82,103)(H,83,104)/t37-,38+,39+,40-,41-,44+,45+,46-,47-,48-,49-,50+,54-,55-,56+,57+,58-,59-,60-/m0/s1. The van der Waals surface area contributed by atoms with Gasteiger partial charge in [0.1, 0.15) is 78.3 Å². The summed E-state index contributed by atoms with van der Waals surface area (Å²) < 4.78 is 5.95. The molecule has 3 aliphatic rings. The van der Waals surface area contributed by atoms with Crippen LogP contribution in [0.1, 0.15) is 177 Å². The lowest BCUT2D eigenvalue weighted by Gasteiger charge is -2.34. The maximum absolute atomic E-state index is 14.8. The zero-order chi connectivity index (χ0) is 80.8. The number of unbranched alkanes of at least 4 members (excludes halogenated alkanes) is 10. The van der Waals surface area contributed by atoms with E-state index in [1.807, 2.05) is 0 Å². The Bertz CT molecular complexity index is 3200. The van der Waals surface area contributed by atoms with Crippen LogP contribution in [0.5, 0.6) is 5.75 Å². The number of carbonyl (C=O) groups excluding carboxylic acids is 14. The Balaban J connectivity index is 1.80. The molecule has 608 valence electrons. The molecule has 0 saturated carbocycles. The van der Waals surface area contributed by atoms with E-state index >= 15 is 0 Å². The molecule has 1 aromatic carbocycles. The third kappa shape index (κ3) is 29.0. The predicted molar refractivity (Wildman–Crippen MR) is 385 cm³/mol. The number of hydrogen-bond acceptors (Lipinski definition) is 24. The second-order valence-corrected chi connectivity index (χ2v) is 28.7. The van der Waals surface area contributed by atoms with Gasteiger partial charge in [0, 0.05) is 25.9 Å². The van der Waals surface area contributed by atoms with Gasteiger partial charge in [0.15, 0.2) is 0 Å². The number of aliphatic hydroxyl groups is 7. The molecule has 0 radical (unpaired) electrons. The molecular formula is C71H116N14O23. The van der Waals surface area contributed by atoms with Crippen molar-refractivity contribution in [2.24, 2.45) is 17.4 Å². The zero-order valence-electron chi connectivity index (χ0n) is 62.9. The number of amides is 13. The number of carbonyl (C=O) groups is 14. The monoisotopic (exact) mass is 1530 g/mol. The molecule has 3 aliphatic heterocycles. The highest BCUT2D eigenvalue weighted by atomic mass is 16.5. The molecule has 19 atom stereocenters. The third-order valence-electron chi connectivity index (χ3n) is 19.0. The molecule has 4 rings (SSSR count). The van der Waals surface area contributed by atoms with Crippen molar-refractivity contribution in [3.63, 3.8) is 0 Å². The molecule has 108 heavy (non-hydrogen) atoms. The first-order valence-corrected chi connectivity index (χ1v) is 37.2. The maximum Gasteiger partial charge on any atom is 0.328 e. The quantitative estimate of drug-likeness (QED) is 0.0321. The number of primary amides is 1. The summed E-state index contributed by atoms with van der Waals surface area (Å²) in [6.07, 6.45) is -5.96. The fraction of sp³-hybridized carbons (Fsp3) is 0.718. The van der Waals surface area contributed by atoms with Crippen LogP contribution in [0.3, 0.4) is 0 Å². The van der Waals surface area contributed by atoms with E-state index < -0.39 is 243 Å². The van der Waals surface area contributed by atoms with Crippen molar-refractivity contribution in [3.8, 4) is 5.75 Å². The Morgan fingerprint density at radius 2 is 1.05 bits per heavy atom. The number of hydrogen-bond donors (Lipinski definition) is 20. The van der Waals surface area contributed by atoms with Crippen LogP contribution in [0.15, 0.2) is 24.3 Å². The lowest BCUT2D eigenvalue weighted by atomic mass is 9.99. The summed E-state index contributed by atoms with van der Waals surface area (Å²) in [5.41, 5.74) is 11.5. The maximum atomic E-state index is 14.8. The van der Waals surface area contributed by atoms with Crippen LogP contribution in [0.25, 0.3) is 0 Å². The Morgan fingerprint density at radius 3 is 1.60 bits per heavy atom. The summed E-state index contributed by atoms with van der Waals surface area (Å²) >= 11 is 0. The fourth-order valence-corrected chi connectivity index (χ4v) is 12.8. The lowest BCUT2D eigenvalue weighted by molar-refractivity contribution is -0.155. The number of phenolic OH excluding ortho intramolecular Hbond substituents is 1. The normalized spacial score (nSPS) is 28.1. The van der Waals surface area contributed by atoms with E-state index in [9.17, 15) is 108 Å². The van der Waals surface area contributed by atoms with E-state index in [0.717, 1.165) is 77.0 Å². The van der Waals surface area contributed by atoms with Gasteiger partial charge in [-0.3, -0.25) is 62.3 Å². The Labute approximate surface area is 628 Å². The average molecular weight is 1530 g/mol. The highest BCUT2D eigenvalue weighted by Crippen LogP contribution is 2.25. The van der Waals surface area contributed by atoms with Crippen LogP contribution in [-0.4, -0.2) is 275 Å². The van der Waals surface area contributed by atoms with Crippen LogP contribution in [0.4, 0.5) is 0 Å². The molecule has 0 spiro atoms. The summed E-state index contributed by atoms with van der Waals surface area (Å²) in [6.45, 7) is 8.69. The minimum Gasteiger partial charge on any atom is -0.508 e. The van der Waals surface area contributed by atoms with Gasteiger partial charge in [0.25, 0.3) is 0 Å². The van der Waals surface area contributed by atoms with Gasteiger partial charge in [0.05, 0.1) is 62.1 Å². The minimum atomic E-state index is -2.22. The number of rotatable bonds is 25. The van der Waals surface area contributed by atoms with Crippen molar-refractivity contribution in [3.05, 3.63) is 29.8 Å². The fourth-order valence-electron chi connectivity index (χ4n) is 12.8. The number of fused-ring (bicyclic) bond motifs is 2. The second kappa shape index (κ2) is 45.3. The molecule has 3 heterocycles. The summed E-state index contributed by atoms with van der Waals surface area (Å²) in [7, 11) is 0. The first-order valence-electron chi connectivity index (χ1n) is 37.2. The number of ether oxygens (including phenoxy) is 1. The molecule has 0 aliphatic carbocycles. The molecular weight excluding hydrogens is 1420 g/mol. The topological polar surface area (TPSA) is 589 Å². The molecule has 3 saturated heterocycles. The molecule has 22 N–H and O–H groups in total. The summed E-state index contributed by atoms with van der Waals surface area (Å²) in [5, 5.41) is 111. The number of aliphatic hydroxyl groups excluding tert-OH is 7. The number of nitrogens with zero attached hydrogens (tertiary/aromatic N) is 2. The van der Waals surface area contributed by atoms with Crippen LogP contribution < -0.4 is 64.6 Å². The van der Waals surface area contributed by atoms with E-state index in [-0.39, 0.29) is 44.4 Å². The number of esters is 1. The van der Waals surface area contributed by atoms with Gasteiger partial charge in [0.2, 0.25) is 76.8 Å². The van der Waals surface area contributed by atoms with Gasteiger partial charge >= 0.3 is 5.97 Å². The highest BCUT2D eigenvalue weighted by Gasteiger charge is 2.48. The van der Waals surface area contributed by atoms with E-state index in [0.29, 0.717) is 23.3 Å². The first-order chi connectivity index (χ1) is 50.9. The van der Waals surface area contributed by atoms with Crippen molar-refractivity contribution in [2.45, 2.75) is 293 Å². The van der Waals surface area contributed by atoms with Gasteiger partial charge in [-0.05, 0) is 96.9 Å². The van der Waals surface area contributed by atoms with Gasteiger partial charge in [-0.15, -0.1) is 0 Å². The Morgan fingerprint density at radius 1 is 0.546 bits per heavy atom. The summed E-state index contributed by atoms with van der Waals surface area (Å²) in [4.78, 5) is 199. The molecule has 0 aromatic heterocycles. The number of nitrogens with one attached hydrogen (secondary N) is 10. The molecule has 0 unspecified atom stereocenters. The van der Waals surface area contributed by atoms with Gasteiger partial charge < -0.3 is 120 Å². The smallest absolute Gasteiger partial charge is 0.328 e. The van der Waals surface area contributed by atoms with Gasteiger partial charge in [-0.2, -0.15) is 0 Å². The van der Waals surface area contributed by atoms with Crippen molar-refractivity contribution in [1.82, 2.24) is 63.0 Å². The predicted octanol–water partition coefficient (Wildman–Crippen LogP) is -5.47. The number of benzene rings is 1. The first kappa shape index (κ1) is 91.7. The zero-order valence-corrected chi connectivity index (χ0v) is 62.9. The third-order valence-corrected chi connectivity index (χ3v) is 19.0. The average Bonchev–Trinajstić information content (AvgIpc) is 1.62. The molecule has 37 nitrogen and oxygen atoms in total. The van der Waals surface area contributed by atoms with Gasteiger partial charge in [-0.1, -0.05) is 97.1 Å². The van der Waals surface area contributed by atoms with Crippen LogP contribution in [0.2, 0.25) is 0 Å². The van der Waals surface area contributed by atoms with Crippen molar-refractivity contribution >= 4 is 82.8 Å². The largest absolute Gasteiger partial charge is 0.508 e. The second-order valence-electron chi connectivity index (χ2n) is 28.7.